The zero-order valence-electron chi connectivity index (χ0n) is 16.4. The maximum absolute atomic E-state index is 12.4. The average Bonchev–Trinajstić information content (AvgIpc) is 3.21. The van der Waals surface area contributed by atoms with Gasteiger partial charge in [0, 0.05) is 16.2 Å². The van der Waals surface area contributed by atoms with Crippen molar-refractivity contribution >= 4 is 43.5 Å². The molecular formula is C21H23BrN2O5S. The summed E-state index contributed by atoms with van der Waals surface area (Å²) in [7, 11) is -3.74. The Hall–Kier alpha value is -2.39. The summed E-state index contributed by atoms with van der Waals surface area (Å²) in [6.07, 6.45) is 3.18. The lowest BCUT2D eigenvalue weighted by atomic mass is 10.2. The van der Waals surface area contributed by atoms with Crippen LogP contribution in [0.4, 0.5) is 5.69 Å². The van der Waals surface area contributed by atoms with Crippen LogP contribution in [0.2, 0.25) is 0 Å². The molecule has 1 atom stereocenters. The summed E-state index contributed by atoms with van der Waals surface area (Å²) in [4.78, 5) is 24.6. The van der Waals surface area contributed by atoms with Gasteiger partial charge in [-0.25, -0.2) is 13.2 Å². The van der Waals surface area contributed by atoms with Crippen LogP contribution in [0.15, 0.2) is 57.9 Å². The Morgan fingerprint density at radius 2 is 1.63 bits per heavy atom. The standard InChI is InChI=1S/C21H23BrN2O5S/c1-14(20(25)23-17-4-2-3-5-17)29-21(26)15-6-10-18(11-7-15)24-30(27,28)19-12-8-16(22)9-13-19/h6-14,17,24H,2-5H2,1H3,(H,23,25)/t14-/m1/s1. The van der Waals surface area contributed by atoms with E-state index in [-0.39, 0.29) is 22.4 Å². The molecule has 2 aromatic carbocycles. The molecule has 0 unspecified atom stereocenters. The molecule has 0 bridgehead atoms. The number of rotatable bonds is 7. The molecular weight excluding hydrogens is 472 g/mol. The summed E-state index contributed by atoms with van der Waals surface area (Å²) < 4.78 is 33.3. The largest absolute Gasteiger partial charge is 0.449 e. The van der Waals surface area contributed by atoms with Crippen LogP contribution in [0.1, 0.15) is 43.0 Å². The SMILES string of the molecule is C[C@@H](OC(=O)c1ccc(NS(=O)(=O)c2ccc(Br)cc2)cc1)C(=O)NC1CCCC1. The molecule has 0 saturated heterocycles. The second-order valence-electron chi connectivity index (χ2n) is 7.17. The number of ether oxygens (including phenoxy) is 1. The van der Waals surface area contributed by atoms with Gasteiger partial charge in [-0.1, -0.05) is 28.8 Å². The van der Waals surface area contributed by atoms with E-state index < -0.39 is 22.1 Å². The predicted molar refractivity (Wildman–Crippen MR) is 117 cm³/mol. The first-order chi connectivity index (χ1) is 14.2. The molecule has 3 rings (SSSR count). The number of hydrogen-bond acceptors (Lipinski definition) is 5. The molecule has 0 heterocycles. The Morgan fingerprint density at radius 3 is 2.23 bits per heavy atom. The van der Waals surface area contributed by atoms with Crippen molar-refractivity contribution in [2.45, 2.75) is 49.6 Å². The molecule has 1 saturated carbocycles. The van der Waals surface area contributed by atoms with Gasteiger partial charge in [-0.15, -0.1) is 0 Å². The molecule has 1 aliphatic rings. The Kier molecular flexibility index (Phi) is 7.14. The zero-order chi connectivity index (χ0) is 21.7. The minimum atomic E-state index is -3.74. The molecule has 160 valence electrons. The number of sulfonamides is 1. The number of carbonyl (C=O) groups excluding carboxylic acids is 2. The third-order valence-corrected chi connectivity index (χ3v) is 6.78. The molecule has 0 aromatic heterocycles. The minimum absolute atomic E-state index is 0.122. The van der Waals surface area contributed by atoms with E-state index >= 15 is 0 Å². The van der Waals surface area contributed by atoms with Crippen molar-refractivity contribution in [3.8, 4) is 0 Å². The van der Waals surface area contributed by atoms with Crippen LogP contribution in [-0.4, -0.2) is 32.4 Å². The first kappa shape index (κ1) is 22.3. The van der Waals surface area contributed by atoms with Crippen LogP contribution >= 0.6 is 15.9 Å². The van der Waals surface area contributed by atoms with E-state index in [2.05, 4.69) is 26.0 Å². The molecule has 1 aliphatic carbocycles. The maximum Gasteiger partial charge on any atom is 0.338 e. The molecule has 2 N–H and O–H groups in total. The van der Waals surface area contributed by atoms with Crippen LogP contribution in [0.5, 0.6) is 0 Å². The normalized spacial score (nSPS) is 15.4. The summed E-state index contributed by atoms with van der Waals surface area (Å²) in [5.74, 6) is -0.958. The van der Waals surface area contributed by atoms with Gasteiger partial charge < -0.3 is 10.1 Å². The number of amides is 1. The van der Waals surface area contributed by atoms with Gasteiger partial charge in [0.05, 0.1) is 10.5 Å². The Labute approximate surface area is 184 Å². The van der Waals surface area contributed by atoms with Gasteiger partial charge in [-0.2, -0.15) is 0 Å². The average molecular weight is 495 g/mol. The van der Waals surface area contributed by atoms with E-state index in [0.29, 0.717) is 5.69 Å². The van der Waals surface area contributed by atoms with Crippen molar-refractivity contribution in [3.05, 3.63) is 58.6 Å². The molecule has 30 heavy (non-hydrogen) atoms. The van der Waals surface area contributed by atoms with Crippen molar-refractivity contribution in [3.63, 3.8) is 0 Å². The number of benzene rings is 2. The van der Waals surface area contributed by atoms with Crippen molar-refractivity contribution in [1.29, 1.82) is 0 Å². The van der Waals surface area contributed by atoms with Crippen molar-refractivity contribution in [1.82, 2.24) is 5.32 Å². The molecule has 9 heteroatoms. The van der Waals surface area contributed by atoms with Crippen LogP contribution in [0.25, 0.3) is 0 Å². The minimum Gasteiger partial charge on any atom is -0.449 e. The lowest BCUT2D eigenvalue weighted by Gasteiger charge is -2.17. The summed E-state index contributed by atoms with van der Waals surface area (Å²) >= 11 is 3.26. The molecule has 0 spiro atoms. The molecule has 2 aromatic rings. The lowest BCUT2D eigenvalue weighted by Crippen LogP contribution is -2.40. The number of esters is 1. The topological polar surface area (TPSA) is 102 Å². The van der Waals surface area contributed by atoms with E-state index in [4.69, 9.17) is 4.74 Å². The van der Waals surface area contributed by atoms with Crippen LogP contribution in [0.3, 0.4) is 0 Å². The number of carbonyl (C=O) groups is 2. The van der Waals surface area contributed by atoms with E-state index in [1.165, 1.54) is 43.3 Å². The highest BCUT2D eigenvalue weighted by molar-refractivity contribution is 9.10. The van der Waals surface area contributed by atoms with Gasteiger partial charge in [0.2, 0.25) is 0 Å². The van der Waals surface area contributed by atoms with E-state index in [9.17, 15) is 18.0 Å². The summed E-state index contributed by atoms with van der Waals surface area (Å²) in [5.41, 5.74) is 0.531. The molecule has 0 aliphatic heterocycles. The first-order valence-corrected chi connectivity index (χ1v) is 11.9. The Balaban J connectivity index is 1.58. The molecule has 0 radical (unpaired) electrons. The van der Waals surface area contributed by atoms with E-state index in [1.807, 2.05) is 0 Å². The van der Waals surface area contributed by atoms with E-state index in [1.54, 1.807) is 12.1 Å². The first-order valence-electron chi connectivity index (χ1n) is 9.64. The third-order valence-electron chi connectivity index (χ3n) is 4.85. The lowest BCUT2D eigenvalue weighted by molar-refractivity contribution is -0.129. The fourth-order valence-electron chi connectivity index (χ4n) is 3.17. The quantitative estimate of drug-likeness (QED) is 0.569. The van der Waals surface area contributed by atoms with Gasteiger partial charge >= 0.3 is 5.97 Å². The highest BCUT2D eigenvalue weighted by atomic mass is 79.9. The van der Waals surface area contributed by atoms with Crippen LogP contribution in [0, 0.1) is 0 Å². The molecule has 7 nitrogen and oxygen atoms in total. The fourth-order valence-corrected chi connectivity index (χ4v) is 4.50. The van der Waals surface area contributed by atoms with Crippen molar-refractivity contribution in [2.75, 3.05) is 4.72 Å². The monoisotopic (exact) mass is 494 g/mol. The number of anilines is 1. The summed E-state index contributed by atoms with van der Waals surface area (Å²) in [5, 5.41) is 2.89. The molecule has 1 amide bonds. The molecule has 1 fully saturated rings. The van der Waals surface area contributed by atoms with Gasteiger partial charge in [0.25, 0.3) is 15.9 Å². The van der Waals surface area contributed by atoms with Gasteiger partial charge in [-0.05, 0) is 68.3 Å². The second kappa shape index (κ2) is 9.61. The van der Waals surface area contributed by atoms with E-state index in [0.717, 1.165) is 30.2 Å². The van der Waals surface area contributed by atoms with Gasteiger partial charge in [0.15, 0.2) is 6.10 Å². The highest BCUT2D eigenvalue weighted by Gasteiger charge is 2.23. The fraction of sp³-hybridized carbons (Fsp3) is 0.333. The Morgan fingerprint density at radius 1 is 1.03 bits per heavy atom. The van der Waals surface area contributed by atoms with Gasteiger partial charge in [-0.3, -0.25) is 9.52 Å². The summed E-state index contributed by atoms with van der Waals surface area (Å²) in [6, 6.07) is 12.2. The third kappa shape index (κ3) is 5.82. The highest BCUT2D eigenvalue weighted by Crippen LogP contribution is 2.20. The van der Waals surface area contributed by atoms with Gasteiger partial charge in [0.1, 0.15) is 0 Å². The Bertz CT molecular complexity index is 1000. The van der Waals surface area contributed by atoms with Crippen molar-refractivity contribution < 1.29 is 22.7 Å². The maximum atomic E-state index is 12.4. The summed E-state index contributed by atoms with van der Waals surface area (Å²) in [6.45, 7) is 1.53. The van der Waals surface area contributed by atoms with Crippen molar-refractivity contribution in [2.24, 2.45) is 0 Å². The number of nitrogens with one attached hydrogen (secondary N) is 2. The smallest absolute Gasteiger partial charge is 0.338 e. The van der Waals surface area contributed by atoms with Crippen LogP contribution in [-0.2, 0) is 19.6 Å². The second-order valence-corrected chi connectivity index (χ2v) is 9.77. The van der Waals surface area contributed by atoms with Crippen LogP contribution < -0.4 is 10.0 Å². The zero-order valence-corrected chi connectivity index (χ0v) is 18.8. The predicted octanol–water partition coefficient (Wildman–Crippen LogP) is 3.85. The number of hydrogen-bond donors (Lipinski definition) is 2. The number of halogens is 1.